The monoisotopic (exact) mass is 233 g/mol. The molecule has 0 bridgehead atoms. The van der Waals surface area contributed by atoms with E-state index in [-0.39, 0.29) is 5.56 Å². The summed E-state index contributed by atoms with van der Waals surface area (Å²) in [5, 5.41) is 11.2. The maximum Gasteiger partial charge on any atom is 0.338 e. The fraction of sp³-hybridized carbons (Fsp3) is 0.0833. The van der Waals surface area contributed by atoms with Gasteiger partial charge in [-0.25, -0.2) is 4.79 Å². The molecule has 1 aromatic heterocycles. The van der Waals surface area contributed by atoms with Crippen LogP contribution >= 0.6 is 11.3 Å². The Morgan fingerprint density at radius 1 is 1.31 bits per heavy atom. The Balaban J connectivity index is 2.32. The van der Waals surface area contributed by atoms with Gasteiger partial charge in [0.25, 0.3) is 0 Å². The molecule has 0 aliphatic rings. The van der Waals surface area contributed by atoms with E-state index in [4.69, 9.17) is 10.8 Å². The Labute approximate surface area is 97.2 Å². The van der Waals surface area contributed by atoms with E-state index in [1.54, 1.807) is 0 Å². The zero-order valence-electron chi connectivity index (χ0n) is 8.51. The van der Waals surface area contributed by atoms with Gasteiger partial charge in [0.15, 0.2) is 0 Å². The number of hydrogen-bond acceptors (Lipinski definition) is 3. The molecule has 16 heavy (non-hydrogen) atoms. The number of aromatic carboxylic acids is 1. The summed E-state index contributed by atoms with van der Waals surface area (Å²) in [6.45, 7) is 0. The topological polar surface area (TPSA) is 63.3 Å². The Morgan fingerprint density at radius 3 is 2.62 bits per heavy atom. The molecule has 0 radical (unpaired) electrons. The van der Waals surface area contributed by atoms with Crippen LogP contribution in [-0.4, -0.2) is 11.1 Å². The highest BCUT2D eigenvalue weighted by Gasteiger charge is 2.16. The molecule has 1 aromatic carbocycles. The molecule has 4 heteroatoms. The number of nitrogens with two attached hydrogens (primary N) is 1. The van der Waals surface area contributed by atoms with E-state index >= 15 is 0 Å². The number of hydrogen-bond donors (Lipinski definition) is 2. The average Bonchev–Trinajstić information content (AvgIpc) is 2.61. The van der Waals surface area contributed by atoms with Crippen molar-refractivity contribution in [3.05, 3.63) is 52.4 Å². The van der Waals surface area contributed by atoms with Crippen LogP contribution in [-0.2, 0) is 6.42 Å². The molecule has 0 spiro atoms. The van der Waals surface area contributed by atoms with Gasteiger partial charge in [0.2, 0.25) is 0 Å². The fourth-order valence-electron chi connectivity index (χ4n) is 1.60. The van der Waals surface area contributed by atoms with Gasteiger partial charge in [-0.3, -0.25) is 0 Å². The van der Waals surface area contributed by atoms with Crippen molar-refractivity contribution in [3.8, 4) is 0 Å². The van der Waals surface area contributed by atoms with Crippen LogP contribution in [0.1, 0.15) is 21.5 Å². The third-order valence-corrected chi connectivity index (χ3v) is 3.21. The van der Waals surface area contributed by atoms with Crippen molar-refractivity contribution >= 4 is 22.3 Å². The summed E-state index contributed by atoms with van der Waals surface area (Å²) in [5.74, 6) is -0.954. The molecule has 0 fully saturated rings. The number of carbonyl (C=O) groups is 1. The average molecular weight is 233 g/mol. The zero-order chi connectivity index (χ0) is 11.5. The highest BCUT2D eigenvalue weighted by atomic mass is 32.1. The molecule has 0 saturated heterocycles. The van der Waals surface area contributed by atoms with E-state index in [0.29, 0.717) is 11.4 Å². The second-order valence-corrected chi connectivity index (χ2v) is 4.38. The molecular formula is C12H11NO2S. The lowest BCUT2D eigenvalue weighted by atomic mass is 10.0. The number of thiophene rings is 1. The molecule has 1 heterocycles. The van der Waals surface area contributed by atoms with Gasteiger partial charge in [-0.1, -0.05) is 30.3 Å². The summed E-state index contributed by atoms with van der Waals surface area (Å²) < 4.78 is 0. The first-order valence-electron chi connectivity index (χ1n) is 4.81. The molecular weight excluding hydrogens is 222 g/mol. The lowest BCUT2D eigenvalue weighted by Crippen LogP contribution is -2.03. The largest absolute Gasteiger partial charge is 0.478 e. The van der Waals surface area contributed by atoms with Gasteiger partial charge < -0.3 is 10.8 Å². The van der Waals surface area contributed by atoms with Crippen LogP contribution in [0.25, 0.3) is 0 Å². The van der Waals surface area contributed by atoms with Crippen molar-refractivity contribution in [1.29, 1.82) is 0 Å². The maximum atomic E-state index is 11.0. The van der Waals surface area contributed by atoms with Crippen LogP contribution < -0.4 is 5.73 Å². The normalized spacial score (nSPS) is 10.2. The van der Waals surface area contributed by atoms with Crippen LogP contribution in [0.5, 0.6) is 0 Å². The fourth-order valence-corrected chi connectivity index (χ4v) is 2.41. The van der Waals surface area contributed by atoms with E-state index in [1.807, 2.05) is 35.7 Å². The molecule has 3 N–H and O–H groups in total. The SMILES string of the molecule is Nc1scc(Cc2ccccc2)c1C(=O)O. The summed E-state index contributed by atoms with van der Waals surface area (Å²) in [6, 6.07) is 9.75. The molecule has 2 rings (SSSR count). The summed E-state index contributed by atoms with van der Waals surface area (Å²) in [5.41, 5.74) is 7.74. The Morgan fingerprint density at radius 2 is 2.00 bits per heavy atom. The van der Waals surface area contributed by atoms with Crippen molar-refractivity contribution in [2.45, 2.75) is 6.42 Å². The highest BCUT2D eigenvalue weighted by Crippen LogP contribution is 2.27. The van der Waals surface area contributed by atoms with Crippen LogP contribution in [0.4, 0.5) is 5.00 Å². The second kappa shape index (κ2) is 4.37. The quantitative estimate of drug-likeness (QED) is 0.856. The molecule has 3 nitrogen and oxygen atoms in total. The molecule has 0 aliphatic heterocycles. The van der Waals surface area contributed by atoms with E-state index in [0.717, 1.165) is 11.1 Å². The van der Waals surface area contributed by atoms with E-state index in [2.05, 4.69) is 0 Å². The minimum Gasteiger partial charge on any atom is -0.478 e. The van der Waals surface area contributed by atoms with Crippen molar-refractivity contribution in [3.63, 3.8) is 0 Å². The van der Waals surface area contributed by atoms with Crippen molar-refractivity contribution in [2.75, 3.05) is 5.73 Å². The summed E-state index contributed by atoms with van der Waals surface area (Å²) in [7, 11) is 0. The minimum absolute atomic E-state index is 0.244. The van der Waals surface area contributed by atoms with Gasteiger partial charge in [-0.05, 0) is 22.9 Å². The maximum absolute atomic E-state index is 11.0. The summed E-state index contributed by atoms with van der Waals surface area (Å²) in [6.07, 6.45) is 0.607. The molecule has 0 unspecified atom stereocenters. The van der Waals surface area contributed by atoms with E-state index in [1.165, 1.54) is 11.3 Å². The third-order valence-electron chi connectivity index (χ3n) is 2.35. The molecule has 0 aliphatic carbocycles. The van der Waals surface area contributed by atoms with Crippen LogP contribution in [0.2, 0.25) is 0 Å². The number of carboxylic acid groups (broad SMARTS) is 1. The number of benzene rings is 1. The standard InChI is InChI=1S/C12H11NO2S/c13-11-10(12(14)15)9(7-16-11)6-8-4-2-1-3-5-8/h1-5,7H,6,13H2,(H,14,15). The summed E-state index contributed by atoms with van der Waals surface area (Å²) in [4.78, 5) is 11.0. The van der Waals surface area contributed by atoms with Crippen LogP contribution in [0.3, 0.4) is 0 Å². The first-order chi connectivity index (χ1) is 7.68. The van der Waals surface area contributed by atoms with Gasteiger partial charge in [-0.2, -0.15) is 0 Å². The predicted octanol–water partition coefficient (Wildman–Crippen LogP) is 2.62. The Hall–Kier alpha value is -1.81. The molecule has 0 amide bonds. The van der Waals surface area contributed by atoms with Crippen molar-refractivity contribution in [1.82, 2.24) is 0 Å². The zero-order valence-corrected chi connectivity index (χ0v) is 9.33. The van der Waals surface area contributed by atoms with Gasteiger partial charge in [-0.15, -0.1) is 11.3 Å². The third kappa shape index (κ3) is 2.06. The first-order valence-corrected chi connectivity index (χ1v) is 5.69. The number of nitrogen functional groups attached to an aromatic ring is 1. The van der Waals surface area contributed by atoms with Gasteiger partial charge in [0.05, 0.1) is 5.56 Å². The first kappa shape index (κ1) is 10.7. The highest BCUT2D eigenvalue weighted by molar-refractivity contribution is 7.14. The van der Waals surface area contributed by atoms with Gasteiger partial charge >= 0.3 is 5.97 Å². The molecule has 82 valence electrons. The van der Waals surface area contributed by atoms with E-state index in [9.17, 15) is 4.79 Å². The number of carboxylic acids is 1. The van der Waals surface area contributed by atoms with Crippen LogP contribution in [0.15, 0.2) is 35.7 Å². The minimum atomic E-state index is -0.954. The molecule has 0 atom stereocenters. The lowest BCUT2D eigenvalue weighted by molar-refractivity contribution is 0.0697. The predicted molar refractivity (Wildman–Crippen MR) is 64.9 cm³/mol. The Kier molecular flexibility index (Phi) is 2.92. The Bertz CT molecular complexity index is 505. The van der Waals surface area contributed by atoms with Crippen molar-refractivity contribution < 1.29 is 9.90 Å². The summed E-state index contributed by atoms with van der Waals surface area (Å²) >= 11 is 1.28. The van der Waals surface area contributed by atoms with Crippen LogP contribution in [0, 0.1) is 0 Å². The van der Waals surface area contributed by atoms with Gasteiger partial charge in [0.1, 0.15) is 5.00 Å². The smallest absolute Gasteiger partial charge is 0.338 e. The lowest BCUT2D eigenvalue weighted by Gasteiger charge is -2.01. The molecule has 2 aromatic rings. The van der Waals surface area contributed by atoms with Crippen molar-refractivity contribution in [2.24, 2.45) is 0 Å². The number of rotatable bonds is 3. The second-order valence-electron chi connectivity index (χ2n) is 3.47. The number of anilines is 1. The molecule has 0 saturated carbocycles. The van der Waals surface area contributed by atoms with Gasteiger partial charge in [0, 0.05) is 0 Å². The van der Waals surface area contributed by atoms with E-state index < -0.39 is 5.97 Å².